The summed E-state index contributed by atoms with van der Waals surface area (Å²) in [6, 6.07) is 0. The summed E-state index contributed by atoms with van der Waals surface area (Å²) in [6.45, 7) is 28.1. The predicted octanol–water partition coefficient (Wildman–Crippen LogP) is 10.9. The molecule has 0 unspecified atom stereocenters. The molecule has 11 N–H and O–H groups in total. The lowest BCUT2D eigenvalue weighted by atomic mass is 10.0. The smallest absolute Gasteiger partial charge is 0.407 e. The first kappa shape index (κ1) is 99.0. The van der Waals surface area contributed by atoms with Crippen LogP contribution in [0.5, 0.6) is 0 Å². The fourth-order valence-corrected chi connectivity index (χ4v) is 9.96. The lowest BCUT2D eigenvalue weighted by Gasteiger charge is -2.19. The van der Waals surface area contributed by atoms with E-state index in [0.717, 1.165) is 180 Å². The molecule has 0 rings (SSSR count). The molecule has 0 aliphatic rings. The fourth-order valence-electron chi connectivity index (χ4n) is 9.96. The number of halogens is 2. The molecule has 0 aromatic heterocycles. The molecule has 25 heteroatoms. The van der Waals surface area contributed by atoms with Gasteiger partial charge in [0.1, 0.15) is 5.60 Å². The molecular weight excluding hydrogens is 1280 g/mol. The number of alkyl carbamates (subject to hydrolysis) is 1. The highest BCUT2D eigenvalue weighted by atomic mass is 35.5. The Bertz CT molecular complexity index is 2090. The maximum absolute atomic E-state index is 12.5. The van der Waals surface area contributed by atoms with Crippen molar-refractivity contribution < 1.29 is 73.0 Å². The van der Waals surface area contributed by atoms with E-state index in [1.54, 1.807) is 0 Å². The van der Waals surface area contributed by atoms with E-state index in [-0.39, 0.29) is 107 Å². The van der Waals surface area contributed by atoms with Crippen LogP contribution in [0.3, 0.4) is 0 Å². The van der Waals surface area contributed by atoms with Crippen molar-refractivity contribution in [3.63, 3.8) is 0 Å². The quantitative estimate of drug-likeness (QED) is 0.0117. The number of hydrogen-bond acceptors (Lipinski definition) is 15. The highest BCUT2D eigenvalue weighted by molar-refractivity contribution is 6.15. The number of methoxy groups -OCH3 is 2. The average Bonchev–Trinajstić information content (AvgIpc) is 2.52. The second kappa shape index (κ2) is 68.8. The molecule has 0 aromatic rings. The molecule has 0 aliphatic heterocycles. The Morgan fingerprint density at radius 3 is 0.684 bits per heavy atom. The zero-order valence-electron chi connectivity index (χ0n) is 64.9. The van der Waals surface area contributed by atoms with Gasteiger partial charge in [-0.2, -0.15) is 0 Å². The molecule has 8 amide bonds. The number of esters is 2. The van der Waals surface area contributed by atoms with Gasteiger partial charge in [-0.25, -0.2) is 4.79 Å². The Kier molecular flexibility index (Phi) is 69.5. The third kappa shape index (κ3) is 61.7. The van der Waals surface area contributed by atoms with Crippen LogP contribution in [0.1, 0.15) is 258 Å². The van der Waals surface area contributed by atoms with Gasteiger partial charge in [0.15, 0.2) is 0 Å². The van der Waals surface area contributed by atoms with E-state index in [0.29, 0.717) is 58.9 Å². The molecule has 0 spiro atoms. The predicted molar refractivity (Wildman–Crippen MR) is 392 cm³/mol. The van der Waals surface area contributed by atoms with E-state index in [2.05, 4.69) is 54.1 Å². The summed E-state index contributed by atoms with van der Waals surface area (Å²) >= 11 is 4.64. The van der Waals surface area contributed by atoms with E-state index in [1.165, 1.54) is 20.6 Å². The molecule has 0 aliphatic carbocycles. The number of ether oxygens (including phenoxy) is 3. The van der Waals surface area contributed by atoms with E-state index in [1.807, 2.05) is 83.1 Å². The van der Waals surface area contributed by atoms with Gasteiger partial charge >= 0.3 is 18.0 Å². The van der Waals surface area contributed by atoms with Crippen LogP contribution in [-0.2, 0) is 57.4 Å². The van der Waals surface area contributed by atoms with Crippen LogP contribution in [0.4, 0.5) is 9.18 Å². The first-order valence-corrected chi connectivity index (χ1v) is 37.2. The van der Waals surface area contributed by atoms with Crippen LogP contribution in [0.15, 0.2) is 0 Å². The summed E-state index contributed by atoms with van der Waals surface area (Å²) in [7, 11) is 2.79. The van der Waals surface area contributed by atoms with Gasteiger partial charge < -0.3 is 67.6 Å². The fraction of sp³-hybridized carbons (Fsp3) is 0.863. The topological polar surface area (TPSA) is 341 Å². The van der Waals surface area contributed by atoms with Crippen molar-refractivity contribution in [2.24, 2.45) is 59.0 Å². The minimum absolute atomic E-state index is 0.0167. The van der Waals surface area contributed by atoms with Crippen molar-refractivity contribution in [1.82, 2.24) is 42.5 Å². The molecule has 23 nitrogen and oxygen atoms in total. The van der Waals surface area contributed by atoms with Crippen LogP contribution < -0.4 is 48.3 Å². The van der Waals surface area contributed by atoms with Gasteiger partial charge in [0.25, 0.3) is 0 Å². The number of carbonyl (C=O) groups is 10. The normalized spacial score (nSPS) is 13.6. The Labute approximate surface area is 598 Å². The lowest BCUT2D eigenvalue weighted by molar-refractivity contribution is -0.145. The van der Waals surface area contributed by atoms with Gasteiger partial charge in [0, 0.05) is 107 Å². The third-order valence-corrected chi connectivity index (χ3v) is 16.7. The molecule has 0 heterocycles. The number of amides is 8. The highest BCUT2D eigenvalue weighted by Crippen LogP contribution is 2.16. The summed E-state index contributed by atoms with van der Waals surface area (Å²) < 4.78 is 30.2. The molecule has 0 bridgehead atoms. The molecule has 0 saturated carbocycles. The van der Waals surface area contributed by atoms with Gasteiger partial charge in [-0.3, -0.25) is 47.5 Å². The highest BCUT2D eigenvalue weighted by Gasteiger charge is 2.21. The minimum Gasteiger partial charge on any atom is -0.469 e. The number of alkyl halides is 2. The molecule has 0 fully saturated rings. The van der Waals surface area contributed by atoms with E-state index < -0.39 is 18.8 Å². The average molecular weight is 1430 g/mol. The van der Waals surface area contributed by atoms with Crippen LogP contribution >= 0.6 is 11.6 Å². The van der Waals surface area contributed by atoms with Crippen LogP contribution in [-0.4, -0.2) is 164 Å². The summed E-state index contributed by atoms with van der Waals surface area (Å²) in [4.78, 5) is 121. The summed E-state index contributed by atoms with van der Waals surface area (Å²) in [6.07, 6.45) is 23.5. The maximum atomic E-state index is 12.5. The Morgan fingerprint density at radius 1 is 0.357 bits per heavy atom. The standard InChI is InChI=1S/C41H77N5O8.C29H56N4O5.CH3Cl.CH3F.CH4O/c1-30(35(47)43-26-16-12-22-32(3)37(49)45-28-18-14-24-34(5)39(51)53-9)20-10-15-25-42-36(48)31(2)21-11-17-27-44-38(50)33(4)23-13-19-29-46-40(52)54-41(6,7)8;1-22(14-6-10-18-30)26(34)31-19-11-7-15-23(2)27(35)32-20-12-8-16-24(3)28(36)33-21-13-9-17-25(4)29(37)38-5;3*1-2/h30-34H,10-29H2,1-9H3,(H,42,48)(H,43,47)(H,44,50)(H,45,49)(H,46,52);22-25H,6-21,30H2,1-5H3,(H,31,34)(H,32,35)(H,33,36);2*1H3;2H,1H3/t30-,31-,32-,33-,34-;22-,23-,24-,25-;;;/m00.../s1/i;;;1D;. The van der Waals surface area contributed by atoms with E-state index in [9.17, 15) is 52.3 Å². The molecular formula is C73H143ClFN9O14. The number of nitrogens with one attached hydrogen (secondary N) is 8. The number of hydrogen-bond donors (Lipinski definition) is 10. The van der Waals surface area contributed by atoms with Crippen molar-refractivity contribution in [2.75, 3.05) is 93.8 Å². The monoisotopic (exact) mass is 1430 g/mol. The third-order valence-electron chi connectivity index (χ3n) is 16.7. The largest absolute Gasteiger partial charge is 0.469 e. The lowest BCUT2D eigenvalue weighted by Crippen LogP contribution is -2.33. The molecule has 9 atom stereocenters. The molecule has 98 heavy (non-hydrogen) atoms. The van der Waals surface area contributed by atoms with Crippen LogP contribution in [0.2, 0.25) is 0 Å². The minimum atomic E-state index is -1.00. The number of unbranched alkanes of at least 4 members (excludes halogenated alkanes) is 9. The van der Waals surface area contributed by atoms with Gasteiger partial charge in [-0.1, -0.05) is 120 Å². The second-order valence-electron chi connectivity index (χ2n) is 26.9. The number of nitrogens with two attached hydrogens (primary N) is 1. The van der Waals surface area contributed by atoms with Gasteiger partial charge in [0.05, 0.1) is 34.6 Å². The summed E-state index contributed by atoms with van der Waals surface area (Å²) in [5.41, 5.74) is 4.98. The first-order chi connectivity index (χ1) is 47.0. The zero-order valence-corrected chi connectivity index (χ0v) is 64.7. The van der Waals surface area contributed by atoms with Crippen molar-refractivity contribution in [3.05, 3.63) is 0 Å². The van der Waals surface area contributed by atoms with Crippen molar-refractivity contribution >= 4 is 71.0 Å². The number of aliphatic hydroxyl groups excluding tert-OH is 1. The number of carbonyl (C=O) groups excluding carboxylic acids is 10. The molecule has 0 aromatic carbocycles. The van der Waals surface area contributed by atoms with Gasteiger partial charge in [0.2, 0.25) is 41.4 Å². The molecule has 0 saturated heterocycles. The van der Waals surface area contributed by atoms with Crippen molar-refractivity contribution in [2.45, 2.75) is 262 Å². The number of aliphatic hydroxyl groups is 1. The zero-order chi connectivity index (χ0) is 76.4. The first-order valence-electron chi connectivity index (χ1n) is 37.2. The SMILES string of the molecule is CCl.CO.COC(=O)[C@@H](C)CCCCNC(=O)[C@@H](C)CCCCNC(=O)[C@@H](C)CCCCNC(=O)[C@@H](C)CCCCN.COC(=O)[C@@H](C)CCCCNC(=O)[C@@H](C)CCCCNC(=O)[C@@H](C)CCCCNC(=O)[C@@H](C)CCCCNC(=O)[C@@H](C)CCCCNC(=O)OC(C)(C)C.[2H]CF. The summed E-state index contributed by atoms with van der Waals surface area (Å²) in [5.74, 6) is -0.739. The molecule has 0 radical (unpaired) electrons. The van der Waals surface area contributed by atoms with Crippen molar-refractivity contribution in [3.8, 4) is 0 Å². The maximum Gasteiger partial charge on any atom is 0.407 e. The Morgan fingerprint density at radius 2 is 0.520 bits per heavy atom. The van der Waals surface area contributed by atoms with Crippen LogP contribution in [0, 0.1) is 53.3 Å². The van der Waals surface area contributed by atoms with Crippen molar-refractivity contribution in [1.29, 1.82) is 0 Å². The van der Waals surface area contributed by atoms with E-state index >= 15 is 0 Å². The van der Waals surface area contributed by atoms with Gasteiger partial charge in [-0.05, 0) is 143 Å². The molecule has 578 valence electrons. The van der Waals surface area contributed by atoms with Crippen LogP contribution in [0.25, 0.3) is 0 Å². The van der Waals surface area contributed by atoms with E-state index in [4.69, 9.17) is 26.4 Å². The Hall–Kier alpha value is -5.36. The Balaban J connectivity index is -0.000000572. The second-order valence-corrected chi connectivity index (χ2v) is 26.9. The summed E-state index contributed by atoms with van der Waals surface area (Å²) in [5, 5.41) is 30.7. The number of rotatable bonds is 53. The van der Waals surface area contributed by atoms with Gasteiger partial charge in [-0.15, -0.1) is 11.6 Å².